The van der Waals surface area contributed by atoms with Crippen LogP contribution in [0.4, 0.5) is 11.4 Å². The molecule has 47 heavy (non-hydrogen) atoms. The summed E-state index contributed by atoms with van der Waals surface area (Å²) in [4.78, 5) is 7.62. The molecule has 0 saturated carbocycles. The molecule has 2 aliphatic carbocycles. The lowest BCUT2D eigenvalue weighted by Gasteiger charge is -2.34. The van der Waals surface area contributed by atoms with E-state index in [1.807, 2.05) is 11.3 Å². The van der Waals surface area contributed by atoms with Crippen molar-refractivity contribution in [3.8, 4) is 11.1 Å². The fraction of sp³-hybridized carbons (Fsp3) is 0.136. The van der Waals surface area contributed by atoms with E-state index in [4.69, 9.17) is 0 Å². The number of aryl methyl sites for hydroxylation is 2. The minimum atomic E-state index is 0.469. The van der Waals surface area contributed by atoms with E-state index in [0.717, 1.165) is 19.3 Å². The van der Waals surface area contributed by atoms with Crippen LogP contribution in [0.5, 0.6) is 0 Å². The molecule has 7 aromatic rings. The lowest BCUT2D eigenvalue weighted by Crippen LogP contribution is -2.21. The summed E-state index contributed by atoms with van der Waals surface area (Å²) >= 11 is 1.95. The van der Waals surface area contributed by atoms with Gasteiger partial charge in [-0.25, -0.2) is 0 Å². The highest BCUT2D eigenvalue weighted by atomic mass is 32.1. The summed E-state index contributed by atoms with van der Waals surface area (Å²) in [5.41, 5.74) is 14.1. The standard InChI is InChI=1S/C44H36N2S/c1-28-10-3-4-12-34(28)44-29(2)11-9-16-41(44)46(33-23-25-43-38(27-33)36-14-6-8-17-42(36)47-43)32-21-18-30(19-22-32)31-20-24-40-37(26-31)35-13-5-7-15-39(35)45-40/h3-9,11-22,24,26-28,45H,10,23,25H2,1-2H3. The molecular weight excluding hydrogens is 589 g/mol. The molecule has 0 saturated heterocycles. The van der Waals surface area contributed by atoms with Gasteiger partial charge < -0.3 is 9.88 Å². The highest BCUT2D eigenvalue weighted by molar-refractivity contribution is 7.19. The van der Waals surface area contributed by atoms with Crippen molar-refractivity contribution in [2.45, 2.75) is 33.1 Å². The average molecular weight is 625 g/mol. The van der Waals surface area contributed by atoms with Crippen LogP contribution < -0.4 is 4.90 Å². The fourth-order valence-corrected chi connectivity index (χ4v) is 8.88. The van der Waals surface area contributed by atoms with Crippen molar-refractivity contribution in [3.05, 3.63) is 155 Å². The van der Waals surface area contributed by atoms with Gasteiger partial charge in [-0.05, 0) is 108 Å². The molecule has 9 rings (SSSR count). The number of allylic oxidation sites excluding steroid dienone is 5. The van der Waals surface area contributed by atoms with Crippen molar-refractivity contribution in [1.29, 1.82) is 0 Å². The number of rotatable bonds is 5. The SMILES string of the molecule is Cc1cccc(N(C2=Cc3c(sc4ccccc34)CC2)c2ccc(-c3ccc4[nH]c5ccccc5c4c3)cc2)c1C1=CC=CCC1C. The largest absolute Gasteiger partial charge is 0.355 e. The predicted octanol–water partition coefficient (Wildman–Crippen LogP) is 12.6. The monoisotopic (exact) mass is 624 g/mol. The molecule has 1 unspecified atom stereocenters. The van der Waals surface area contributed by atoms with Crippen LogP contribution in [0.1, 0.15) is 41.3 Å². The molecule has 0 spiro atoms. The molecule has 1 N–H and O–H groups in total. The number of nitrogens with one attached hydrogen (secondary N) is 1. The van der Waals surface area contributed by atoms with Crippen LogP contribution in [0.25, 0.3) is 54.7 Å². The summed E-state index contributed by atoms with van der Waals surface area (Å²) in [6.07, 6.45) is 12.5. The van der Waals surface area contributed by atoms with E-state index < -0.39 is 0 Å². The fourth-order valence-electron chi connectivity index (χ4n) is 7.70. The maximum atomic E-state index is 3.57. The Morgan fingerprint density at radius 2 is 1.53 bits per heavy atom. The van der Waals surface area contributed by atoms with Crippen molar-refractivity contribution < 1.29 is 0 Å². The molecule has 0 fully saturated rings. The van der Waals surface area contributed by atoms with Gasteiger partial charge in [0.15, 0.2) is 0 Å². The number of fused-ring (bicyclic) bond motifs is 6. The van der Waals surface area contributed by atoms with Crippen LogP contribution in [0, 0.1) is 12.8 Å². The summed E-state index contributed by atoms with van der Waals surface area (Å²) < 4.78 is 1.38. The zero-order valence-electron chi connectivity index (χ0n) is 26.8. The van der Waals surface area contributed by atoms with Gasteiger partial charge in [-0.15, -0.1) is 11.3 Å². The maximum Gasteiger partial charge on any atom is 0.0536 e. The zero-order valence-corrected chi connectivity index (χ0v) is 27.6. The first kappa shape index (κ1) is 28.1. The molecule has 5 aromatic carbocycles. The topological polar surface area (TPSA) is 19.0 Å². The van der Waals surface area contributed by atoms with Gasteiger partial charge in [0.2, 0.25) is 0 Å². The minimum Gasteiger partial charge on any atom is -0.355 e. The number of aromatic amines is 1. The maximum absolute atomic E-state index is 3.57. The Morgan fingerprint density at radius 3 is 2.40 bits per heavy atom. The summed E-state index contributed by atoms with van der Waals surface area (Å²) in [6, 6.07) is 40.3. The van der Waals surface area contributed by atoms with Crippen molar-refractivity contribution in [2.75, 3.05) is 4.90 Å². The van der Waals surface area contributed by atoms with Gasteiger partial charge in [-0.2, -0.15) is 0 Å². The highest BCUT2D eigenvalue weighted by Crippen LogP contribution is 2.45. The number of hydrogen-bond acceptors (Lipinski definition) is 2. The van der Waals surface area contributed by atoms with Gasteiger partial charge in [0.05, 0.1) is 5.69 Å². The van der Waals surface area contributed by atoms with E-state index >= 15 is 0 Å². The van der Waals surface area contributed by atoms with E-state index in [1.165, 1.54) is 87.2 Å². The molecule has 0 amide bonds. The zero-order chi connectivity index (χ0) is 31.5. The van der Waals surface area contributed by atoms with Crippen molar-refractivity contribution in [1.82, 2.24) is 4.98 Å². The van der Waals surface area contributed by atoms with Crippen LogP contribution in [0.3, 0.4) is 0 Å². The smallest absolute Gasteiger partial charge is 0.0536 e. The number of benzene rings is 5. The molecule has 2 aromatic heterocycles. The average Bonchev–Trinajstić information content (AvgIpc) is 3.67. The van der Waals surface area contributed by atoms with E-state index in [9.17, 15) is 0 Å². The van der Waals surface area contributed by atoms with Crippen LogP contribution in [0.2, 0.25) is 0 Å². The predicted molar refractivity (Wildman–Crippen MR) is 204 cm³/mol. The van der Waals surface area contributed by atoms with Crippen LogP contribution in [-0.2, 0) is 6.42 Å². The Kier molecular flexibility index (Phi) is 6.76. The Morgan fingerprint density at radius 1 is 0.745 bits per heavy atom. The van der Waals surface area contributed by atoms with E-state index in [0.29, 0.717) is 5.92 Å². The number of hydrogen-bond donors (Lipinski definition) is 1. The number of thiophene rings is 1. The number of nitrogens with zero attached hydrogens (tertiary/aromatic N) is 1. The lowest BCUT2D eigenvalue weighted by molar-refractivity contribution is 0.757. The van der Waals surface area contributed by atoms with Gasteiger partial charge in [-0.3, -0.25) is 0 Å². The Labute approximate surface area is 280 Å². The summed E-state index contributed by atoms with van der Waals surface area (Å²) in [7, 11) is 0. The van der Waals surface area contributed by atoms with E-state index in [1.54, 1.807) is 0 Å². The number of para-hydroxylation sites is 1. The normalized spacial score (nSPS) is 16.0. The molecule has 2 nitrogen and oxygen atoms in total. The lowest BCUT2D eigenvalue weighted by atomic mass is 9.84. The van der Waals surface area contributed by atoms with Gasteiger partial charge >= 0.3 is 0 Å². The third kappa shape index (κ3) is 4.77. The third-order valence-corrected chi connectivity index (χ3v) is 11.3. The van der Waals surface area contributed by atoms with Crippen molar-refractivity contribution >= 4 is 66.3 Å². The highest BCUT2D eigenvalue weighted by Gasteiger charge is 2.26. The quantitative estimate of drug-likeness (QED) is 0.202. The first-order valence-electron chi connectivity index (χ1n) is 16.7. The summed E-state index contributed by atoms with van der Waals surface area (Å²) in [5, 5.41) is 3.90. The summed E-state index contributed by atoms with van der Waals surface area (Å²) in [5.74, 6) is 0.469. The number of H-pyrrole nitrogens is 1. The first-order chi connectivity index (χ1) is 23.1. The second-order valence-corrected chi connectivity index (χ2v) is 14.2. The molecule has 0 radical (unpaired) electrons. The van der Waals surface area contributed by atoms with Gasteiger partial charge in [-0.1, -0.05) is 91.9 Å². The second kappa shape index (κ2) is 11.3. The van der Waals surface area contributed by atoms with Crippen molar-refractivity contribution in [2.24, 2.45) is 5.92 Å². The number of aromatic nitrogens is 1. The molecule has 228 valence electrons. The summed E-state index contributed by atoms with van der Waals surface area (Å²) in [6.45, 7) is 4.63. The van der Waals surface area contributed by atoms with Crippen LogP contribution in [-0.4, -0.2) is 4.98 Å². The Bertz CT molecular complexity index is 2410. The second-order valence-electron chi connectivity index (χ2n) is 13.0. The molecule has 1 atom stereocenters. The number of anilines is 2. The minimum absolute atomic E-state index is 0.469. The molecule has 0 bridgehead atoms. The van der Waals surface area contributed by atoms with Gasteiger partial charge in [0, 0.05) is 53.7 Å². The van der Waals surface area contributed by atoms with Gasteiger partial charge in [0.25, 0.3) is 0 Å². The molecule has 2 heterocycles. The molecular formula is C44H36N2S. The van der Waals surface area contributed by atoms with E-state index in [-0.39, 0.29) is 0 Å². The van der Waals surface area contributed by atoms with Crippen LogP contribution >= 0.6 is 11.3 Å². The molecule has 2 aliphatic rings. The Balaban J connectivity index is 1.20. The van der Waals surface area contributed by atoms with E-state index in [2.05, 4.69) is 157 Å². The molecule has 0 aliphatic heterocycles. The third-order valence-electron chi connectivity index (χ3n) is 10.1. The van der Waals surface area contributed by atoms with Crippen molar-refractivity contribution in [3.63, 3.8) is 0 Å². The van der Waals surface area contributed by atoms with Crippen LogP contribution in [0.15, 0.2) is 133 Å². The van der Waals surface area contributed by atoms with Gasteiger partial charge in [0.1, 0.15) is 0 Å². The molecule has 3 heteroatoms. The first-order valence-corrected chi connectivity index (χ1v) is 17.5. The Hall–Kier alpha value is -5.12.